The topological polar surface area (TPSA) is 99.8 Å². The number of rotatable bonds is 6. The van der Waals surface area contributed by atoms with Crippen molar-refractivity contribution in [3.05, 3.63) is 40.1 Å². The second-order valence-electron chi connectivity index (χ2n) is 4.16. The van der Waals surface area contributed by atoms with Crippen LogP contribution in [0.2, 0.25) is 0 Å². The van der Waals surface area contributed by atoms with Crippen LogP contribution in [0.15, 0.2) is 27.8 Å². The van der Waals surface area contributed by atoms with E-state index in [0.717, 1.165) is 0 Å². The van der Waals surface area contributed by atoms with Crippen molar-refractivity contribution in [2.45, 2.75) is 18.0 Å². The minimum atomic E-state index is -4.00. The van der Waals surface area contributed by atoms with E-state index < -0.39 is 20.7 Å². The van der Waals surface area contributed by atoms with Gasteiger partial charge in [0.15, 0.2) is 0 Å². The van der Waals surface area contributed by atoms with Crippen LogP contribution in [0.5, 0.6) is 0 Å². The molecule has 0 unspecified atom stereocenters. The molecule has 3 N–H and O–H groups in total. The molecule has 1 heterocycles. The standard InChI is InChI=1S/C11H13BrFN5O2S/c1-14-4-7-2-8(12)3-9(11(7)13)21(19,20)17-5-10-15-6-16-18-10/h2-3,6,14,17H,4-5H2,1H3,(H,15,16,18). The molecule has 0 spiro atoms. The molecule has 0 saturated carbocycles. The summed E-state index contributed by atoms with van der Waals surface area (Å²) < 4.78 is 41.4. The van der Waals surface area contributed by atoms with Gasteiger partial charge >= 0.3 is 0 Å². The molecule has 0 amide bonds. The smallest absolute Gasteiger partial charge is 0.243 e. The largest absolute Gasteiger partial charge is 0.316 e. The number of nitrogens with zero attached hydrogens (tertiary/aromatic N) is 2. The maximum Gasteiger partial charge on any atom is 0.243 e. The third-order valence-electron chi connectivity index (χ3n) is 2.63. The Hall–Kier alpha value is -1.36. The molecule has 2 rings (SSSR count). The lowest BCUT2D eigenvalue weighted by atomic mass is 10.2. The summed E-state index contributed by atoms with van der Waals surface area (Å²) in [6.07, 6.45) is 1.26. The highest BCUT2D eigenvalue weighted by Crippen LogP contribution is 2.24. The molecular formula is C11H13BrFN5O2S. The Bertz CT molecular complexity index is 720. The normalized spacial score (nSPS) is 11.8. The van der Waals surface area contributed by atoms with E-state index in [0.29, 0.717) is 10.3 Å². The summed E-state index contributed by atoms with van der Waals surface area (Å²) in [6, 6.07) is 2.75. The predicted octanol–water partition coefficient (Wildman–Crippen LogP) is 0.904. The molecule has 114 valence electrons. The molecule has 2 aromatic rings. The molecule has 0 aliphatic carbocycles. The lowest BCUT2D eigenvalue weighted by Crippen LogP contribution is -2.25. The van der Waals surface area contributed by atoms with Crippen molar-refractivity contribution in [1.82, 2.24) is 25.2 Å². The van der Waals surface area contributed by atoms with Crippen LogP contribution < -0.4 is 10.0 Å². The van der Waals surface area contributed by atoms with Crippen molar-refractivity contribution in [3.8, 4) is 0 Å². The van der Waals surface area contributed by atoms with Crippen molar-refractivity contribution in [2.75, 3.05) is 7.05 Å². The molecule has 0 aliphatic heterocycles. The minimum Gasteiger partial charge on any atom is -0.316 e. The zero-order valence-corrected chi connectivity index (χ0v) is 13.4. The van der Waals surface area contributed by atoms with Crippen LogP contribution in [0.4, 0.5) is 4.39 Å². The summed E-state index contributed by atoms with van der Waals surface area (Å²) >= 11 is 3.18. The van der Waals surface area contributed by atoms with Crippen LogP contribution in [0.25, 0.3) is 0 Å². The Morgan fingerprint density at radius 2 is 2.14 bits per heavy atom. The molecule has 0 aliphatic rings. The summed E-state index contributed by atoms with van der Waals surface area (Å²) in [7, 11) is -2.35. The van der Waals surface area contributed by atoms with Gasteiger partial charge in [0.05, 0.1) is 6.54 Å². The van der Waals surface area contributed by atoms with Gasteiger partial charge in [-0.2, -0.15) is 5.10 Å². The average Bonchev–Trinajstić information content (AvgIpc) is 2.94. The monoisotopic (exact) mass is 377 g/mol. The van der Waals surface area contributed by atoms with Gasteiger partial charge in [-0.3, -0.25) is 5.10 Å². The molecule has 0 radical (unpaired) electrons. The Morgan fingerprint density at radius 1 is 1.38 bits per heavy atom. The van der Waals surface area contributed by atoms with Crippen LogP contribution in [0.1, 0.15) is 11.4 Å². The van der Waals surface area contributed by atoms with Crippen LogP contribution in [-0.4, -0.2) is 30.6 Å². The molecule has 21 heavy (non-hydrogen) atoms. The first-order chi connectivity index (χ1) is 9.94. The summed E-state index contributed by atoms with van der Waals surface area (Å²) in [6.45, 7) is 0.117. The number of aromatic amines is 1. The van der Waals surface area contributed by atoms with Crippen molar-refractivity contribution in [3.63, 3.8) is 0 Å². The van der Waals surface area contributed by atoms with E-state index in [2.05, 4.69) is 41.2 Å². The van der Waals surface area contributed by atoms with Crippen LogP contribution in [0, 0.1) is 5.82 Å². The molecule has 7 nitrogen and oxygen atoms in total. The second kappa shape index (κ2) is 6.60. The fourth-order valence-electron chi connectivity index (χ4n) is 1.69. The van der Waals surface area contributed by atoms with Crippen molar-refractivity contribution < 1.29 is 12.8 Å². The van der Waals surface area contributed by atoms with Crippen LogP contribution in [0.3, 0.4) is 0 Å². The first kappa shape index (κ1) is 16.0. The van der Waals surface area contributed by atoms with Crippen LogP contribution in [-0.2, 0) is 23.1 Å². The lowest BCUT2D eigenvalue weighted by molar-refractivity contribution is 0.544. The summed E-state index contributed by atoms with van der Waals surface area (Å²) in [5.41, 5.74) is 0.256. The maximum atomic E-state index is 14.3. The highest BCUT2D eigenvalue weighted by Gasteiger charge is 2.22. The van der Waals surface area contributed by atoms with Crippen molar-refractivity contribution >= 4 is 26.0 Å². The van der Waals surface area contributed by atoms with Gasteiger partial charge in [-0.25, -0.2) is 22.5 Å². The highest BCUT2D eigenvalue weighted by atomic mass is 79.9. The van der Waals surface area contributed by atoms with Gasteiger partial charge < -0.3 is 5.32 Å². The third kappa shape index (κ3) is 3.84. The van der Waals surface area contributed by atoms with Gasteiger partial charge in [0.1, 0.15) is 22.9 Å². The van der Waals surface area contributed by atoms with E-state index >= 15 is 0 Å². The fourth-order valence-corrected chi connectivity index (χ4v) is 3.48. The van der Waals surface area contributed by atoms with E-state index in [1.165, 1.54) is 18.5 Å². The average molecular weight is 378 g/mol. The third-order valence-corrected chi connectivity index (χ3v) is 4.49. The fraction of sp³-hybridized carbons (Fsp3) is 0.273. The SMILES string of the molecule is CNCc1cc(Br)cc(S(=O)(=O)NCc2ncn[nH]2)c1F. The summed E-state index contributed by atoms with van der Waals surface area (Å²) in [5.74, 6) is -0.443. The number of H-pyrrole nitrogens is 1. The lowest BCUT2D eigenvalue weighted by Gasteiger charge is -2.10. The number of hydrogen-bond donors (Lipinski definition) is 3. The van der Waals surface area contributed by atoms with E-state index in [1.807, 2.05) is 0 Å². The van der Waals surface area contributed by atoms with E-state index in [1.54, 1.807) is 7.05 Å². The van der Waals surface area contributed by atoms with E-state index in [4.69, 9.17) is 0 Å². The number of hydrogen-bond acceptors (Lipinski definition) is 5. The quantitative estimate of drug-likeness (QED) is 0.694. The predicted molar refractivity (Wildman–Crippen MR) is 77.3 cm³/mol. The molecule has 1 aromatic heterocycles. The van der Waals surface area contributed by atoms with Gasteiger partial charge in [-0.1, -0.05) is 15.9 Å². The number of sulfonamides is 1. The molecule has 0 fully saturated rings. The first-order valence-electron chi connectivity index (χ1n) is 5.90. The molecule has 0 atom stereocenters. The number of benzene rings is 1. The minimum absolute atomic E-state index is 0.102. The summed E-state index contributed by atoms with van der Waals surface area (Å²) in [4.78, 5) is 3.38. The molecular weight excluding hydrogens is 365 g/mol. The first-order valence-corrected chi connectivity index (χ1v) is 8.18. The Labute approximate surface area is 129 Å². The van der Waals surface area contributed by atoms with Crippen molar-refractivity contribution in [2.24, 2.45) is 0 Å². The Kier molecular flexibility index (Phi) is 5.04. The maximum absolute atomic E-state index is 14.3. The summed E-state index contributed by atoms with van der Waals surface area (Å²) in [5, 5.41) is 8.91. The van der Waals surface area contributed by atoms with Gasteiger partial charge in [0.2, 0.25) is 10.0 Å². The Balaban J connectivity index is 2.30. The molecule has 10 heteroatoms. The van der Waals surface area contributed by atoms with Crippen LogP contribution >= 0.6 is 15.9 Å². The number of nitrogens with one attached hydrogen (secondary N) is 3. The number of aromatic nitrogens is 3. The molecule has 0 saturated heterocycles. The van der Waals surface area contributed by atoms with E-state index in [-0.39, 0.29) is 18.7 Å². The van der Waals surface area contributed by atoms with Gasteiger partial charge in [-0.15, -0.1) is 0 Å². The van der Waals surface area contributed by atoms with Gasteiger partial charge in [0.25, 0.3) is 0 Å². The Morgan fingerprint density at radius 3 is 2.76 bits per heavy atom. The van der Waals surface area contributed by atoms with Gasteiger partial charge in [-0.05, 0) is 19.2 Å². The second-order valence-corrected chi connectivity index (χ2v) is 6.82. The van der Waals surface area contributed by atoms with E-state index in [9.17, 15) is 12.8 Å². The number of halogens is 2. The molecule has 0 bridgehead atoms. The van der Waals surface area contributed by atoms with Crippen molar-refractivity contribution in [1.29, 1.82) is 0 Å². The zero-order valence-electron chi connectivity index (χ0n) is 11.0. The molecule has 1 aromatic carbocycles. The van der Waals surface area contributed by atoms with Gasteiger partial charge in [0, 0.05) is 16.6 Å². The highest BCUT2D eigenvalue weighted by molar-refractivity contribution is 9.10. The zero-order chi connectivity index (χ0) is 15.5.